The lowest BCUT2D eigenvalue weighted by Gasteiger charge is -2.24. The standard InChI is InChI=1S/C13H20N4O/c1-8(13(14)18)17-6-4-10-11(5-7-17)15-16-12(10)9-2-3-9/h8-9H,2-7H2,1H3,(H2,14,18)(H,15,16). The molecule has 1 aliphatic carbocycles. The van der Waals surface area contributed by atoms with Crippen LogP contribution in [0.15, 0.2) is 0 Å². The van der Waals surface area contributed by atoms with Crippen molar-refractivity contribution >= 4 is 5.91 Å². The van der Waals surface area contributed by atoms with Crippen LogP contribution in [-0.4, -0.2) is 40.1 Å². The van der Waals surface area contributed by atoms with Gasteiger partial charge in [-0.3, -0.25) is 14.8 Å². The number of aromatic amines is 1. The molecule has 0 bridgehead atoms. The van der Waals surface area contributed by atoms with Crippen molar-refractivity contribution in [3.8, 4) is 0 Å². The number of aromatic nitrogens is 2. The van der Waals surface area contributed by atoms with Gasteiger partial charge in [-0.2, -0.15) is 5.10 Å². The molecule has 2 heterocycles. The first kappa shape index (κ1) is 11.7. The lowest BCUT2D eigenvalue weighted by Crippen LogP contribution is -2.43. The number of nitrogens with two attached hydrogens (primary N) is 1. The molecule has 1 fully saturated rings. The molecule has 5 nitrogen and oxygen atoms in total. The molecule has 98 valence electrons. The molecule has 3 rings (SSSR count). The van der Waals surface area contributed by atoms with Crippen LogP contribution in [-0.2, 0) is 17.6 Å². The van der Waals surface area contributed by atoms with E-state index in [1.54, 1.807) is 0 Å². The van der Waals surface area contributed by atoms with Crippen molar-refractivity contribution in [2.24, 2.45) is 5.73 Å². The Hall–Kier alpha value is -1.36. The summed E-state index contributed by atoms with van der Waals surface area (Å²) >= 11 is 0. The smallest absolute Gasteiger partial charge is 0.234 e. The van der Waals surface area contributed by atoms with Gasteiger partial charge in [-0.1, -0.05) is 0 Å². The molecule has 1 saturated carbocycles. The fourth-order valence-corrected chi connectivity index (χ4v) is 2.79. The number of hydrogen-bond acceptors (Lipinski definition) is 3. The van der Waals surface area contributed by atoms with Crippen molar-refractivity contribution in [1.82, 2.24) is 15.1 Å². The molecule has 0 spiro atoms. The van der Waals surface area contributed by atoms with E-state index in [9.17, 15) is 4.79 Å². The second-order valence-electron chi connectivity index (χ2n) is 5.45. The van der Waals surface area contributed by atoms with Gasteiger partial charge in [-0.05, 0) is 31.7 Å². The van der Waals surface area contributed by atoms with E-state index in [1.165, 1.54) is 29.8 Å². The third kappa shape index (κ3) is 2.03. The maximum Gasteiger partial charge on any atom is 0.234 e. The summed E-state index contributed by atoms with van der Waals surface area (Å²) in [7, 11) is 0. The van der Waals surface area contributed by atoms with E-state index in [0.717, 1.165) is 25.9 Å². The van der Waals surface area contributed by atoms with Gasteiger partial charge in [0.2, 0.25) is 5.91 Å². The molecule has 1 aromatic rings. The van der Waals surface area contributed by atoms with Gasteiger partial charge in [0.1, 0.15) is 0 Å². The molecule has 18 heavy (non-hydrogen) atoms. The second kappa shape index (κ2) is 4.39. The summed E-state index contributed by atoms with van der Waals surface area (Å²) in [6.45, 7) is 3.67. The summed E-state index contributed by atoms with van der Waals surface area (Å²) in [5, 5.41) is 7.65. The Morgan fingerprint density at radius 1 is 1.44 bits per heavy atom. The van der Waals surface area contributed by atoms with Crippen LogP contribution in [0.4, 0.5) is 0 Å². The van der Waals surface area contributed by atoms with Crippen LogP contribution >= 0.6 is 0 Å². The highest BCUT2D eigenvalue weighted by Gasteiger charge is 2.31. The molecular formula is C13H20N4O. The Labute approximate surface area is 107 Å². The summed E-state index contributed by atoms with van der Waals surface area (Å²) in [5.74, 6) is 0.450. The third-order valence-electron chi connectivity index (χ3n) is 4.21. The normalized spacial score (nSPS) is 22.3. The maximum atomic E-state index is 11.3. The van der Waals surface area contributed by atoms with Crippen LogP contribution in [0.2, 0.25) is 0 Å². The average molecular weight is 248 g/mol. The van der Waals surface area contributed by atoms with Crippen LogP contribution < -0.4 is 5.73 Å². The van der Waals surface area contributed by atoms with Gasteiger partial charge in [0.25, 0.3) is 0 Å². The zero-order chi connectivity index (χ0) is 12.7. The first-order valence-corrected chi connectivity index (χ1v) is 6.76. The zero-order valence-corrected chi connectivity index (χ0v) is 10.8. The van der Waals surface area contributed by atoms with Gasteiger partial charge >= 0.3 is 0 Å². The Morgan fingerprint density at radius 2 is 2.17 bits per heavy atom. The summed E-state index contributed by atoms with van der Waals surface area (Å²) in [4.78, 5) is 13.4. The Morgan fingerprint density at radius 3 is 2.83 bits per heavy atom. The molecule has 3 N–H and O–H groups in total. The molecule has 1 unspecified atom stereocenters. The number of hydrogen-bond donors (Lipinski definition) is 2. The fraction of sp³-hybridized carbons (Fsp3) is 0.692. The average Bonchev–Trinajstić information content (AvgIpc) is 3.14. The highest BCUT2D eigenvalue weighted by atomic mass is 16.1. The summed E-state index contributed by atoms with van der Waals surface area (Å²) < 4.78 is 0. The third-order valence-corrected chi connectivity index (χ3v) is 4.21. The highest BCUT2D eigenvalue weighted by Crippen LogP contribution is 2.41. The van der Waals surface area contributed by atoms with E-state index in [2.05, 4.69) is 15.1 Å². The van der Waals surface area contributed by atoms with Gasteiger partial charge in [0, 0.05) is 31.1 Å². The predicted molar refractivity (Wildman–Crippen MR) is 68.2 cm³/mol. The number of amides is 1. The second-order valence-corrected chi connectivity index (χ2v) is 5.45. The number of nitrogens with one attached hydrogen (secondary N) is 1. The van der Waals surface area contributed by atoms with Crippen LogP contribution in [0.5, 0.6) is 0 Å². The number of nitrogens with zero attached hydrogens (tertiary/aromatic N) is 2. The number of carbonyl (C=O) groups is 1. The first-order chi connectivity index (χ1) is 8.66. The number of primary amides is 1. The van der Waals surface area contributed by atoms with Gasteiger partial charge in [-0.15, -0.1) is 0 Å². The van der Waals surface area contributed by atoms with Gasteiger partial charge in [0.15, 0.2) is 0 Å². The molecular weight excluding hydrogens is 228 g/mol. The number of H-pyrrole nitrogens is 1. The molecule has 1 aliphatic heterocycles. The predicted octanol–water partition coefficient (Wildman–Crippen LogP) is 0.561. The quantitative estimate of drug-likeness (QED) is 0.820. The zero-order valence-electron chi connectivity index (χ0n) is 10.8. The van der Waals surface area contributed by atoms with E-state index >= 15 is 0 Å². The van der Waals surface area contributed by atoms with Crippen LogP contribution in [0, 0.1) is 0 Å². The largest absolute Gasteiger partial charge is 0.368 e. The number of carbonyl (C=O) groups excluding carboxylic acids is 1. The van der Waals surface area contributed by atoms with E-state index in [0.29, 0.717) is 5.92 Å². The van der Waals surface area contributed by atoms with E-state index in [-0.39, 0.29) is 11.9 Å². The molecule has 0 aromatic carbocycles. The molecule has 5 heteroatoms. The lowest BCUT2D eigenvalue weighted by atomic mass is 10.1. The topological polar surface area (TPSA) is 75.0 Å². The molecule has 2 aliphatic rings. The van der Waals surface area contributed by atoms with Gasteiger partial charge < -0.3 is 5.73 Å². The van der Waals surface area contributed by atoms with E-state index in [4.69, 9.17) is 5.73 Å². The Bertz CT molecular complexity index is 464. The fourth-order valence-electron chi connectivity index (χ4n) is 2.79. The van der Waals surface area contributed by atoms with Crippen molar-refractivity contribution in [3.05, 3.63) is 17.0 Å². The van der Waals surface area contributed by atoms with Crippen LogP contribution in [0.1, 0.15) is 42.6 Å². The lowest BCUT2D eigenvalue weighted by molar-refractivity contribution is -0.122. The van der Waals surface area contributed by atoms with Crippen LogP contribution in [0.25, 0.3) is 0 Å². The van der Waals surface area contributed by atoms with E-state index in [1.807, 2.05) is 6.92 Å². The number of fused-ring (bicyclic) bond motifs is 1. The monoisotopic (exact) mass is 248 g/mol. The molecule has 0 saturated heterocycles. The minimum absolute atomic E-state index is 0.175. The first-order valence-electron chi connectivity index (χ1n) is 6.76. The Balaban J connectivity index is 1.76. The maximum absolute atomic E-state index is 11.3. The van der Waals surface area contributed by atoms with Crippen molar-refractivity contribution in [2.75, 3.05) is 13.1 Å². The van der Waals surface area contributed by atoms with Crippen LogP contribution in [0.3, 0.4) is 0 Å². The number of rotatable bonds is 3. The molecule has 1 amide bonds. The van der Waals surface area contributed by atoms with Crippen molar-refractivity contribution in [3.63, 3.8) is 0 Å². The van der Waals surface area contributed by atoms with E-state index < -0.39 is 0 Å². The summed E-state index contributed by atoms with van der Waals surface area (Å²) in [6, 6.07) is -0.175. The molecule has 1 aromatic heterocycles. The van der Waals surface area contributed by atoms with Gasteiger partial charge in [0.05, 0.1) is 11.7 Å². The SMILES string of the molecule is CC(C(N)=O)N1CCc2[nH]nc(C3CC3)c2CC1. The van der Waals surface area contributed by atoms with Gasteiger partial charge in [-0.25, -0.2) is 0 Å². The molecule has 1 atom stereocenters. The summed E-state index contributed by atoms with van der Waals surface area (Å²) in [6.07, 6.45) is 4.47. The molecule has 0 radical (unpaired) electrons. The Kier molecular flexibility index (Phi) is 2.86. The van der Waals surface area contributed by atoms with Crippen molar-refractivity contribution < 1.29 is 4.79 Å². The minimum atomic E-state index is -0.235. The van der Waals surface area contributed by atoms with Crippen molar-refractivity contribution in [2.45, 2.75) is 44.6 Å². The summed E-state index contributed by atoms with van der Waals surface area (Å²) in [5.41, 5.74) is 9.32. The highest BCUT2D eigenvalue weighted by molar-refractivity contribution is 5.79. The minimum Gasteiger partial charge on any atom is -0.368 e. The van der Waals surface area contributed by atoms with Crippen molar-refractivity contribution in [1.29, 1.82) is 0 Å².